The molecule has 2 rings (SSSR count). The van der Waals surface area contributed by atoms with Crippen LogP contribution in [0.3, 0.4) is 0 Å². The molecule has 1 aliphatic heterocycles. The maximum Gasteiger partial charge on any atom is 0.433 e. The standard InChI is InChI=1S/C20H22F6N4O4/c1-18(2,3)30(17(32)33)7-6-28-15(31)14-10-29(16(34-14)20(24,25)26)12-5-4-11(9-27)13(8-12)19(21,22)23/h4-5,8,14,16H,6-7,10H2,1-3H3,(H,28,31)(H,32,33)/t14-,16+/m0/s1. The number of carbonyl (C=O) groups is 2. The Kier molecular flexibility index (Phi) is 7.61. The van der Waals surface area contributed by atoms with Crippen molar-refractivity contribution in [1.82, 2.24) is 10.2 Å². The van der Waals surface area contributed by atoms with Gasteiger partial charge in [-0.15, -0.1) is 0 Å². The summed E-state index contributed by atoms with van der Waals surface area (Å²) in [5.41, 5.74) is -3.52. The zero-order chi connectivity index (χ0) is 26.1. The van der Waals surface area contributed by atoms with Crippen molar-refractivity contribution in [2.45, 2.75) is 51.0 Å². The van der Waals surface area contributed by atoms with E-state index in [0.29, 0.717) is 11.0 Å². The number of hydrogen-bond acceptors (Lipinski definition) is 5. The minimum atomic E-state index is -5.05. The van der Waals surface area contributed by atoms with Crippen LogP contribution >= 0.6 is 0 Å². The second-order valence-electron chi connectivity index (χ2n) is 8.41. The van der Waals surface area contributed by atoms with Crippen molar-refractivity contribution in [1.29, 1.82) is 5.26 Å². The molecule has 1 aromatic carbocycles. The van der Waals surface area contributed by atoms with E-state index in [1.54, 1.807) is 20.8 Å². The van der Waals surface area contributed by atoms with E-state index in [1.807, 2.05) is 0 Å². The van der Waals surface area contributed by atoms with E-state index < -0.39 is 65.6 Å². The lowest BCUT2D eigenvalue weighted by atomic mass is 10.1. The Morgan fingerprint density at radius 3 is 2.32 bits per heavy atom. The first-order valence-corrected chi connectivity index (χ1v) is 9.85. The predicted molar refractivity (Wildman–Crippen MR) is 106 cm³/mol. The number of anilines is 1. The van der Waals surface area contributed by atoms with Gasteiger partial charge in [0.2, 0.25) is 6.23 Å². The van der Waals surface area contributed by atoms with Crippen molar-refractivity contribution in [2.24, 2.45) is 0 Å². The number of halogens is 6. The molecule has 0 radical (unpaired) electrons. The van der Waals surface area contributed by atoms with Crippen molar-refractivity contribution >= 4 is 17.7 Å². The number of hydrogen-bond donors (Lipinski definition) is 2. The minimum Gasteiger partial charge on any atom is -0.465 e. The van der Waals surface area contributed by atoms with E-state index in [-0.39, 0.29) is 13.1 Å². The van der Waals surface area contributed by atoms with Gasteiger partial charge in [0.15, 0.2) is 6.10 Å². The molecule has 8 nitrogen and oxygen atoms in total. The van der Waals surface area contributed by atoms with Crippen molar-refractivity contribution in [3.63, 3.8) is 0 Å². The molecule has 0 aromatic heterocycles. The van der Waals surface area contributed by atoms with Crippen molar-refractivity contribution in [2.75, 3.05) is 24.5 Å². The van der Waals surface area contributed by atoms with Gasteiger partial charge in [0.05, 0.1) is 23.7 Å². The lowest BCUT2D eigenvalue weighted by molar-refractivity contribution is -0.213. The van der Waals surface area contributed by atoms with Gasteiger partial charge in [-0.3, -0.25) is 4.79 Å². The summed E-state index contributed by atoms with van der Waals surface area (Å²) >= 11 is 0. The predicted octanol–water partition coefficient (Wildman–Crippen LogP) is 3.57. The molecule has 1 aliphatic rings. The Hall–Kier alpha value is -3.21. The van der Waals surface area contributed by atoms with Crippen LogP contribution < -0.4 is 10.2 Å². The second kappa shape index (κ2) is 9.57. The van der Waals surface area contributed by atoms with Crippen LogP contribution in [0.2, 0.25) is 0 Å². The fourth-order valence-electron chi connectivity index (χ4n) is 3.35. The molecule has 0 saturated carbocycles. The summed E-state index contributed by atoms with van der Waals surface area (Å²) in [6.45, 7) is 3.73. The van der Waals surface area contributed by atoms with Gasteiger partial charge in [0.25, 0.3) is 5.91 Å². The lowest BCUT2D eigenvalue weighted by Gasteiger charge is -2.33. The number of rotatable bonds is 5. The number of ether oxygens (including phenoxy) is 1. The number of benzene rings is 1. The quantitative estimate of drug-likeness (QED) is 0.604. The molecule has 14 heteroatoms. The van der Waals surface area contributed by atoms with Crippen LogP contribution in [-0.2, 0) is 15.7 Å². The van der Waals surface area contributed by atoms with Gasteiger partial charge in [0.1, 0.15) is 0 Å². The van der Waals surface area contributed by atoms with Crippen molar-refractivity contribution in [3.05, 3.63) is 29.3 Å². The van der Waals surface area contributed by atoms with E-state index in [1.165, 1.54) is 6.07 Å². The number of nitrogens with one attached hydrogen (secondary N) is 1. The largest absolute Gasteiger partial charge is 0.465 e. The lowest BCUT2D eigenvalue weighted by Crippen LogP contribution is -2.49. The zero-order valence-corrected chi connectivity index (χ0v) is 18.3. The maximum absolute atomic E-state index is 13.5. The molecular formula is C20H22F6N4O4. The topological polar surface area (TPSA) is 106 Å². The van der Waals surface area contributed by atoms with Crippen LogP contribution in [0.15, 0.2) is 18.2 Å². The zero-order valence-electron chi connectivity index (χ0n) is 18.3. The van der Waals surface area contributed by atoms with Crippen LogP contribution in [0.1, 0.15) is 31.9 Å². The van der Waals surface area contributed by atoms with Crippen LogP contribution in [0.4, 0.5) is 36.8 Å². The first-order valence-electron chi connectivity index (χ1n) is 9.85. The summed E-state index contributed by atoms with van der Waals surface area (Å²) in [5, 5.41) is 20.4. The molecule has 34 heavy (non-hydrogen) atoms. The fraction of sp³-hybridized carbons (Fsp3) is 0.550. The number of nitrogens with zero attached hydrogens (tertiary/aromatic N) is 3. The Morgan fingerprint density at radius 2 is 1.85 bits per heavy atom. The number of carbonyl (C=O) groups excluding carboxylic acids is 1. The van der Waals surface area contributed by atoms with E-state index >= 15 is 0 Å². The average molecular weight is 496 g/mol. The van der Waals surface area contributed by atoms with Crippen LogP contribution in [0, 0.1) is 11.3 Å². The van der Waals surface area contributed by atoms with E-state index in [0.717, 1.165) is 17.0 Å². The molecule has 2 N–H and O–H groups in total. The third-order valence-corrected chi connectivity index (χ3v) is 4.95. The Bertz CT molecular complexity index is 968. The van der Waals surface area contributed by atoms with Crippen molar-refractivity contribution < 1.29 is 45.8 Å². The first-order chi connectivity index (χ1) is 15.5. The Balaban J connectivity index is 2.22. The van der Waals surface area contributed by atoms with Gasteiger partial charge in [-0.1, -0.05) is 0 Å². The molecule has 188 valence electrons. The molecule has 1 aromatic rings. The fourth-order valence-corrected chi connectivity index (χ4v) is 3.35. The normalized spacial score (nSPS) is 19.0. The van der Waals surface area contributed by atoms with Crippen LogP contribution in [0.5, 0.6) is 0 Å². The third-order valence-electron chi connectivity index (χ3n) is 4.95. The smallest absolute Gasteiger partial charge is 0.433 e. The van der Waals surface area contributed by atoms with Gasteiger partial charge in [0, 0.05) is 24.3 Å². The molecule has 1 fully saturated rings. The Labute approximate surface area is 190 Å². The number of alkyl halides is 6. The summed E-state index contributed by atoms with van der Waals surface area (Å²) < 4.78 is 85.2. The first kappa shape index (κ1) is 27.0. The summed E-state index contributed by atoms with van der Waals surface area (Å²) in [7, 11) is 0. The number of nitriles is 1. The van der Waals surface area contributed by atoms with Crippen molar-refractivity contribution in [3.8, 4) is 6.07 Å². The number of amides is 2. The highest BCUT2D eigenvalue weighted by Gasteiger charge is 2.52. The van der Waals surface area contributed by atoms with Crippen LogP contribution in [0.25, 0.3) is 0 Å². The van der Waals surface area contributed by atoms with Gasteiger partial charge >= 0.3 is 18.4 Å². The maximum atomic E-state index is 13.5. The van der Waals surface area contributed by atoms with E-state index in [2.05, 4.69) is 5.32 Å². The molecule has 1 heterocycles. The molecule has 2 atom stereocenters. The summed E-state index contributed by atoms with van der Waals surface area (Å²) in [5.74, 6) is -0.985. The van der Waals surface area contributed by atoms with Gasteiger partial charge in [-0.25, -0.2) is 4.79 Å². The average Bonchev–Trinajstić information content (AvgIpc) is 3.14. The molecule has 0 unspecified atom stereocenters. The van der Waals surface area contributed by atoms with Gasteiger partial charge in [-0.05, 0) is 39.0 Å². The summed E-state index contributed by atoms with van der Waals surface area (Å²) in [4.78, 5) is 25.2. The molecule has 2 amide bonds. The van der Waals surface area contributed by atoms with E-state index in [9.17, 15) is 41.0 Å². The summed E-state index contributed by atoms with van der Waals surface area (Å²) in [6, 6.07) is 3.38. The molecular weight excluding hydrogens is 474 g/mol. The summed E-state index contributed by atoms with van der Waals surface area (Å²) in [6.07, 6.45) is -15.7. The minimum absolute atomic E-state index is 0.158. The monoisotopic (exact) mass is 496 g/mol. The highest BCUT2D eigenvalue weighted by Crippen LogP contribution is 2.39. The van der Waals surface area contributed by atoms with E-state index in [4.69, 9.17) is 10.00 Å². The highest BCUT2D eigenvalue weighted by molar-refractivity contribution is 5.82. The second-order valence-corrected chi connectivity index (χ2v) is 8.41. The molecule has 0 spiro atoms. The molecule has 0 bridgehead atoms. The molecule has 0 aliphatic carbocycles. The molecule has 1 saturated heterocycles. The number of carboxylic acid groups (broad SMARTS) is 1. The van der Waals surface area contributed by atoms with Crippen LogP contribution in [-0.4, -0.2) is 65.7 Å². The van der Waals surface area contributed by atoms with Gasteiger partial charge < -0.3 is 25.0 Å². The highest BCUT2D eigenvalue weighted by atomic mass is 19.4. The van der Waals surface area contributed by atoms with Gasteiger partial charge in [-0.2, -0.15) is 31.6 Å². The Morgan fingerprint density at radius 1 is 1.24 bits per heavy atom. The SMILES string of the molecule is CC(C)(C)N(CCNC(=O)[C@@H]1CN(c2ccc(C#N)c(C(F)(F)F)c2)[C@@H](C(F)(F)F)O1)C(=O)O. The third kappa shape index (κ3) is 6.22.